The van der Waals surface area contributed by atoms with Gasteiger partial charge in [-0.15, -0.1) is 11.3 Å². The number of nitrogens with zero attached hydrogens (tertiary/aromatic N) is 4. The number of hydrogen-bond acceptors (Lipinski definition) is 5. The van der Waals surface area contributed by atoms with Gasteiger partial charge in [0.25, 0.3) is 0 Å². The third-order valence-electron chi connectivity index (χ3n) is 5.34. The van der Waals surface area contributed by atoms with Crippen LogP contribution in [0.1, 0.15) is 35.8 Å². The SMILES string of the molecule is Cc1cc2c(N3CCN(C(=O)/C=C/c4ccc(C(C)C)cc4)CC3)ncnc2s1. The summed E-state index contributed by atoms with van der Waals surface area (Å²) in [4.78, 5) is 27.9. The molecule has 0 N–H and O–H groups in total. The minimum Gasteiger partial charge on any atom is -0.352 e. The lowest BCUT2D eigenvalue weighted by Gasteiger charge is -2.35. The van der Waals surface area contributed by atoms with Gasteiger partial charge < -0.3 is 9.80 Å². The molecule has 0 aliphatic carbocycles. The van der Waals surface area contributed by atoms with Crippen LogP contribution in [-0.2, 0) is 4.79 Å². The summed E-state index contributed by atoms with van der Waals surface area (Å²) in [6, 6.07) is 10.5. The number of fused-ring (bicyclic) bond motifs is 1. The summed E-state index contributed by atoms with van der Waals surface area (Å²) in [7, 11) is 0. The predicted molar refractivity (Wildman–Crippen MR) is 121 cm³/mol. The molecule has 0 atom stereocenters. The highest BCUT2D eigenvalue weighted by molar-refractivity contribution is 7.18. The molecule has 2 aromatic heterocycles. The van der Waals surface area contributed by atoms with Crippen LogP contribution in [-0.4, -0.2) is 47.0 Å². The molecule has 0 saturated carbocycles. The number of hydrogen-bond donors (Lipinski definition) is 0. The Morgan fingerprint density at radius 1 is 1.10 bits per heavy atom. The molecule has 6 heteroatoms. The Morgan fingerprint density at radius 2 is 1.83 bits per heavy atom. The fraction of sp³-hybridized carbons (Fsp3) is 0.348. The number of aromatic nitrogens is 2. The maximum absolute atomic E-state index is 12.6. The van der Waals surface area contributed by atoms with Crippen molar-refractivity contribution in [2.45, 2.75) is 26.7 Å². The van der Waals surface area contributed by atoms with E-state index in [4.69, 9.17) is 0 Å². The number of benzene rings is 1. The number of piperazine rings is 1. The summed E-state index contributed by atoms with van der Waals surface area (Å²) >= 11 is 1.69. The largest absolute Gasteiger partial charge is 0.352 e. The lowest BCUT2D eigenvalue weighted by atomic mass is 10.0. The number of aryl methyl sites for hydroxylation is 1. The van der Waals surface area contributed by atoms with Crippen LogP contribution in [0.15, 0.2) is 42.7 Å². The molecule has 1 aromatic carbocycles. The normalized spacial score (nSPS) is 15.0. The van der Waals surface area contributed by atoms with E-state index in [2.05, 4.69) is 66.0 Å². The van der Waals surface area contributed by atoms with Gasteiger partial charge in [-0.05, 0) is 36.1 Å². The van der Waals surface area contributed by atoms with Gasteiger partial charge in [0.15, 0.2) is 0 Å². The van der Waals surface area contributed by atoms with Gasteiger partial charge in [0.2, 0.25) is 5.91 Å². The van der Waals surface area contributed by atoms with Gasteiger partial charge in [-0.25, -0.2) is 9.97 Å². The Balaban J connectivity index is 1.38. The van der Waals surface area contributed by atoms with Crippen LogP contribution in [0.5, 0.6) is 0 Å². The van der Waals surface area contributed by atoms with E-state index in [0.29, 0.717) is 19.0 Å². The fourth-order valence-corrected chi connectivity index (χ4v) is 4.46. The number of amides is 1. The molecule has 3 heterocycles. The molecular formula is C23H26N4OS. The highest BCUT2D eigenvalue weighted by atomic mass is 32.1. The lowest BCUT2D eigenvalue weighted by molar-refractivity contribution is -0.126. The van der Waals surface area contributed by atoms with Crippen molar-refractivity contribution >= 4 is 39.4 Å². The van der Waals surface area contributed by atoms with Gasteiger partial charge in [0.1, 0.15) is 17.0 Å². The maximum atomic E-state index is 12.6. The van der Waals surface area contributed by atoms with Gasteiger partial charge in [0, 0.05) is 37.1 Å². The van der Waals surface area contributed by atoms with Crippen molar-refractivity contribution in [2.24, 2.45) is 0 Å². The third kappa shape index (κ3) is 4.32. The number of rotatable bonds is 4. The molecule has 0 bridgehead atoms. The molecule has 1 amide bonds. The Kier molecular flexibility index (Phi) is 5.62. The second-order valence-electron chi connectivity index (χ2n) is 7.74. The molecule has 0 spiro atoms. The Labute approximate surface area is 175 Å². The average Bonchev–Trinajstić information content (AvgIpc) is 3.12. The molecule has 1 aliphatic rings. The second-order valence-corrected chi connectivity index (χ2v) is 8.97. The number of carbonyl (C=O) groups is 1. The van der Waals surface area contributed by atoms with E-state index in [0.717, 1.165) is 34.7 Å². The molecule has 0 radical (unpaired) electrons. The molecular weight excluding hydrogens is 380 g/mol. The summed E-state index contributed by atoms with van der Waals surface area (Å²) in [6.07, 6.45) is 5.23. The topological polar surface area (TPSA) is 49.3 Å². The van der Waals surface area contributed by atoms with Crippen LogP contribution in [0.4, 0.5) is 5.82 Å². The van der Waals surface area contributed by atoms with Crippen LogP contribution in [0.25, 0.3) is 16.3 Å². The highest BCUT2D eigenvalue weighted by Crippen LogP contribution is 2.30. The molecule has 1 fully saturated rings. The Morgan fingerprint density at radius 3 is 2.52 bits per heavy atom. The van der Waals surface area contributed by atoms with Crippen molar-refractivity contribution in [2.75, 3.05) is 31.1 Å². The number of thiophene rings is 1. The first-order valence-electron chi connectivity index (χ1n) is 10.0. The van der Waals surface area contributed by atoms with E-state index >= 15 is 0 Å². The highest BCUT2D eigenvalue weighted by Gasteiger charge is 2.22. The average molecular weight is 407 g/mol. The van der Waals surface area contributed by atoms with Crippen LogP contribution in [0, 0.1) is 6.92 Å². The summed E-state index contributed by atoms with van der Waals surface area (Å²) in [5.74, 6) is 1.56. The minimum absolute atomic E-state index is 0.0665. The first-order chi connectivity index (χ1) is 14.0. The molecule has 3 aromatic rings. The molecule has 4 rings (SSSR count). The van der Waals surface area contributed by atoms with Crippen LogP contribution >= 0.6 is 11.3 Å². The first kappa shape index (κ1) is 19.6. The molecule has 0 unspecified atom stereocenters. The van der Waals surface area contributed by atoms with Gasteiger partial charge in [-0.3, -0.25) is 4.79 Å². The zero-order chi connectivity index (χ0) is 20.4. The Hall–Kier alpha value is -2.73. The standard InChI is InChI=1S/C23H26N4OS/c1-16(2)19-7-4-18(5-8-19)6-9-21(28)26-10-12-27(13-11-26)22-20-14-17(3)29-23(20)25-15-24-22/h4-9,14-16H,10-13H2,1-3H3/b9-6+. The summed E-state index contributed by atoms with van der Waals surface area (Å²) < 4.78 is 0. The molecule has 1 aliphatic heterocycles. The van der Waals surface area contributed by atoms with Crippen LogP contribution < -0.4 is 4.90 Å². The minimum atomic E-state index is 0.0665. The van der Waals surface area contributed by atoms with Crippen molar-refractivity contribution in [3.8, 4) is 0 Å². The molecule has 5 nitrogen and oxygen atoms in total. The van der Waals surface area contributed by atoms with Crippen molar-refractivity contribution in [1.29, 1.82) is 0 Å². The predicted octanol–water partition coefficient (Wildman–Crippen LogP) is 4.49. The van der Waals surface area contributed by atoms with Crippen molar-refractivity contribution in [3.05, 3.63) is 58.7 Å². The number of carbonyl (C=O) groups excluding carboxylic acids is 1. The van der Waals surface area contributed by atoms with Crippen LogP contribution in [0.3, 0.4) is 0 Å². The summed E-state index contributed by atoms with van der Waals surface area (Å²) in [5, 5.41) is 1.11. The third-order valence-corrected chi connectivity index (χ3v) is 6.30. The smallest absolute Gasteiger partial charge is 0.246 e. The molecule has 29 heavy (non-hydrogen) atoms. The number of anilines is 1. The molecule has 1 saturated heterocycles. The quantitative estimate of drug-likeness (QED) is 0.599. The van der Waals surface area contributed by atoms with Gasteiger partial charge >= 0.3 is 0 Å². The fourth-order valence-electron chi connectivity index (χ4n) is 3.62. The van der Waals surface area contributed by atoms with Crippen molar-refractivity contribution in [3.63, 3.8) is 0 Å². The van der Waals surface area contributed by atoms with Gasteiger partial charge in [-0.2, -0.15) is 0 Å². The monoisotopic (exact) mass is 406 g/mol. The van der Waals surface area contributed by atoms with E-state index in [9.17, 15) is 4.79 Å². The van der Waals surface area contributed by atoms with Gasteiger partial charge in [-0.1, -0.05) is 38.1 Å². The van der Waals surface area contributed by atoms with Crippen molar-refractivity contribution < 1.29 is 4.79 Å². The van der Waals surface area contributed by atoms with E-state index in [1.807, 2.05) is 11.0 Å². The zero-order valence-corrected chi connectivity index (χ0v) is 17.9. The molecule has 150 valence electrons. The van der Waals surface area contributed by atoms with E-state index < -0.39 is 0 Å². The van der Waals surface area contributed by atoms with E-state index in [1.165, 1.54) is 10.4 Å². The Bertz CT molecular complexity index is 1030. The second kappa shape index (κ2) is 8.33. The lowest BCUT2D eigenvalue weighted by Crippen LogP contribution is -2.48. The summed E-state index contributed by atoms with van der Waals surface area (Å²) in [5.41, 5.74) is 2.36. The summed E-state index contributed by atoms with van der Waals surface area (Å²) in [6.45, 7) is 9.41. The van der Waals surface area contributed by atoms with E-state index in [-0.39, 0.29) is 5.91 Å². The van der Waals surface area contributed by atoms with Crippen molar-refractivity contribution in [1.82, 2.24) is 14.9 Å². The zero-order valence-electron chi connectivity index (χ0n) is 17.1. The van der Waals surface area contributed by atoms with E-state index in [1.54, 1.807) is 23.7 Å². The maximum Gasteiger partial charge on any atom is 0.246 e. The van der Waals surface area contributed by atoms with Gasteiger partial charge in [0.05, 0.1) is 5.39 Å². The first-order valence-corrected chi connectivity index (χ1v) is 10.9. The van der Waals surface area contributed by atoms with Crippen LogP contribution in [0.2, 0.25) is 0 Å².